The molecule has 1 saturated carbocycles. The van der Waals surface area contributed by atoms with Crippen LogP contribution in [0.25, 0.3) is 11.3 Å². The highest BCUT2D eigenvalue weighted by molar-refractivity contribution is 5.63. The Balaban J connectivity index is 1.74. The number of nitrogens with one attached hydrogen (secondary N) is 1. The summed E-state index contributed by atoms with van der Waals surface area (Å²) in [5, 5.41) is -1.03. The van der Waals surface area contributed by atoms with Crippen molar-refractivity contribution in [1.82, 2.24) is 14.5 Å². The Morgan fingerprint density at radius 2 is 1.68 bits per heavy atom. The lowest BCUT2D eigenvalue weighted by atomic mass is 9.89. The summed E-state index contributed by atoms with van der Waals surface area (Å²) in [6, 6.07) is -3.64. The number of fused-ring (bicyclic) bond motifs is 1. The van der Waals surface area contributed by atoms with E-state index < -0.39 is 83.4 Å². The van der Waals surface area contributed by atoms with Gasteiger partial charge in [0.05, 0.1) is 17.7 Å². The summed E-state index contributed by atoms with van der Waals surface area (Å²) < 4.78 is 129. The highest BCUT2D eigenvalue weighted by Crippen LogP contribution is 2.43. The maximum absolute atomic E-state index is 15.8. The number of hydrogen-bond acceptors (Lipinski definition) is 5. The molecule has 0 aromatic carbocycles. The van der Waals surface area contributed by atoms with Gasteiger partial charge in [0.1, 0.15) is 11.8 Å². The van der Waals surface area contributed by atoms with Crippen LogP contribution in [0.3, 0.4) is 0 Å². The number of halogens is 9. The van der Waals surface area contributed by atoms with Gasteiger partial charge in [0.25, 0.3) is 12.0 Å². The van der Waals surface area contributed by atoms with Crippen LogP contribution in [0.4, 0.5) is 39.5 Å². The average molecular weight is 564 g/mol. The standard InChI is InChI=1S/C22H25F9N4O3/c1-38-17-15-13(19(36)33-20(37)35(15)9-2-3-9)12(18(24)25)14(23)16(17)34-5-4-8(7-34)10(32)6-11(21(26,27)28)22(29,30)31/h8-11,14,16,18H,2-7,32H2,1H3,(H,33,36,37). The lowest BCUT2D eigenvalue weighted by Gasteiger charge is -2.35. The van der Waals surface area contributed by atoms with E-state index in [2.05, 4.69) is 0 Å². The number of ether oxygens (including phenoxy) is 1. The van der Waals surface area contributed by atoms with Gasteiger partial charge >= 0.3 is 18.0 Å². The molecular weight excluding hydrogens is 539 g/mol. The number of alkyl halides is 9. The van der Waals surface area contributed by atoms with Crippen molar-refractivity contribution in [2.75, 3.05) is 20.2 Å². The van der Waals surface area contributed by atoms with Gasteiger partial charge in [-0.05, 0) is 38.1 Å². The Morgan fingerprint density at radius 1 is 1.08 bits per heavy atom. The van der Waals surface area contributed by atoms with E-state index in [0.29, 0.717) is 12.8 Å². The Morgan fingerprint density at radius 3 is 2.18 bits per heavy atom. The number of nitrogens with two attached hydrogens (primary N) is 1. The Labute approximate surface area is 208 Å². The van der Waals surface area contributed by atoms with Crippen LogP contribution in [0.5, 0.6) is 0 Å². The quantitative estimate of drug-likeness (QED) is 0.491. The topological polar surface area (TPSA) is 93.3 Å². The van der Waals surface area contributed by atoms with Crippen molar-refractivity contribution in [2.24, 2.45) is 17.6 Å². The lowest BCUT2D eigenvalue weighted by molar-refractivity contribution is -0.287. The molecule has 1 aromatic rings. The third-order valence-corrected chi connectivity index (χ3v) is 7.43. The second-order valence-corrected chi connectivity index (χ2v) is 9.83. The molecule has 7 nitrogen and oxygen atoms in total. The molecule has 0 amide bonds. The maximum atomic E-state index is 15.8. The van der Waals surface area contributed by atoms with Gasteiger partial charge in [0.15, 0.2) is 12.1 Å². The molecule has 2 fully saturated rings. The van der Waals surface area contributed by atoms with Crippen molar-refractivity contribution in [3.63, 3.8) is 0 Å². The molecule has 38 heavy (non-hydrogen) atoms. The fourth-order valence-corrected chi connectivity index (χ4v) is 5.45. The van der Waals surface area contributed by atoms with Crippen LogP contribution in [0.15, 0.2) is 9.59 Å². The summed E-state index contributed by atoms with van der Waals surface area (Å²) >= 11 is 0. The van der Waals surface area contributed by atoms with Gasteiger partial charge < -0.3 is 10.5 Å². The molecule has 1 aromatic heterocycles. The number of H-pyrrole nitrogens is 1. The number of aromatic nitrogens is 2. The molecule has 3 N–H and O–H groups in total. The second kappa shape index (κ2) is 9.92. The maximum Gasteiger partial charge on any atom is 0.400 e. The van der Waals surface area contributed by atoms with E-state index in [1.807, 2.05) is 4.98 Å². The Bertz CT molecular complexity index is 1290. The highest BCUT2D eigenvalue weighted by atomic mass is 19.4. The third-order valence-electron chi connectivity index (χ3n) is 7.43. The van der Waals surface area contributed by atoms with Gasteiger partial charge in [-0.1, -0.05) is 0 Å². The molecule has 3 aliphatic rings. The monoisotopic (exact) mass is 564 g/mol. The van der Waals surface area contributed by atoms with Crippen LogP contribution >= 0.6 is 0 Å². The minimum Gasteiger partial charge on any atom is -0.497 e. The summed E-state index contributed by atoms with van der Waals surface area (Å²) in [5.74, 6) is -4.91. The van der Waals surface area contributed by atoms with Crippen molar-refractivity contribution in [1.29, 1.82) is 0 Å². The molecule has 0 radical (unpaired) electrons. The fourth-order valence-electron chi connectivity index (χ4n) is 5.45. The molecular formula is C22H25F9N4O3. The van der Waals surface area contributed by atoms with Crippen molar-refractivity contribution < 1.29 is 44.3 Å². The van der Waals surface area contributed by atoms with Gasteiger partial charge in [-0.15, -0.1) is 0 Å². The minimum absolute atomic E-state index is 0.0362. The number of hydrogen-bond donors (Lipinski definition) is 2. The summed E-state index contributed by atoms with van der Waals surface area (Å²) in [5.41, 5.74) is 2.46. The smallest absolute Gasteiger partial charge is 0.400 e. The molecule has 16 heteroatoms. The molecule has 4 rings (SSSR count). The van der Waals surface area contributed by atoms with E-state index in [9.17, 15) is 44.7 Å². The molecule has 1 saturated heterocycles. The largest absolute Gasteiger partial charge is 0.497 e. The highest BCUT2D eigenvalue weighted by Gasteiger charge is 2.57. The number of likely N-dealkylation sites (tertiary alicyclic amines) is 1. The average Bonchev–Trinajstić information content (AvgIpc) is 3.50. The number of aromatic amines is 1. The molecule has 4 atom stereocenters. The summed E-state index contributed by atoms with van der Waals surface area (Å²) in [4.78, 5) is 28.3. The van der Waals surface area contributed by atoms with Crippen molar-refractivity contribution >= 4 is 11.3 Å². The SMILES string of the molecule is COC1=c2c(c(=O)[nH]c(=O)n2C2CC2)=C(C(F)F)C(F)C1N1CCC(C(N)CC(C(F)(F)F)C(F)(F)F)C1. The minimum atomic E-state index is -5.58. The zero-order valence-corrected chi connectivity index (χ0v) is 19.9. The molecule has 0 spiro atoms. The summed E-state index contributed by atoms with van der Waals surface area (Å²) in [6.07, 6.45) is -17.6. The van der Waals surface area contributed by atoms with Crippen molar-refractivity contribution in [3.05, 3.63) is 31.4 Å². The summed E-state index contributed by atoms with van der Waals surface area (Å²) in [6.45, 7) is -0.425. The van der Waals surface area contributed by atoms with E-state index in [1.54, 1.807) is 0 Å². The zero-order chi connectivity index (χ0) is 28.3. The normalized spacial score (nSPS) is 25.9. The van der Waals surface area contributed by atoms with Gasteiger partial charge in [0.2, 0.25) is 0 Å². The number of rotatable bonds is 7. The fraction of sp³-hybridized carbons (Fsp3) is 0.727. The molecule has 4 unspecified atom stereocenters. The molecule has 2 aliphatic carbocycles. The predicted molar refractivity (Wildman–Crippen MR) is 115 cm³/mol. The van der Waals surface area contributed by atoms with E-state index in [-0.39, 0.29) is 30.6 Å². The Hall–Kier alpha value is -2.49. The van der Waals surface area contributed by atoms with Gasteiger partial charge in [-0.3, -0.25) is 19.2 Å². The predicted octanol–water partition coefficient (Wildman–Crippen LogP) is 1.54. The van der Waals surface area contributed by atoms with Gasteiger partial charge in [-0.25, -0.2) is 18.0 Å². The van der Waals surface area contributed by atoms with E-state index >= 15 is 4.39 Å². The van der Waals surface area contributed by atoms with Crippen LogP contribution < -0.4 is 27.6 Å². The number of nitrogens with zero attached hydrogens (tertiary/aromatic N) is 2. The van der Waals surface area contributed by atoms with Gasteiger partial charge in [0, 0.05) is 24.2 Å². The molecule has 1 aliphatic heterocycles. The summed E-state index contributed by atoms with van der Waals surface area (Å²) in [7, 11) is 1.09. The van der Waals surface area contributed by atoms with Crippen LogP contribution in [0, 0.1) is 11.8 Å². The first-order valence-electron chi connectivity index (χ1n) is 11.8. The first kappa shape index (κ1) is 28.5. The van der Waals surface area contributed by atoms with E-state index in [1.165, 1.54) is 4.90 Å². The van der Waals surface area contributed by atoms with Crippen LogP contribution in [-0.4, -0.2) is 71.7 Å². The van der Waals surface area contributed by atoms with Crippen LogP contribution in [0.1, 0.15) is 31.7 Å². The van der Waals surface area contributed by atoms with Crippen LogP contribution in [-0.2, 0) is 4.74 Å². The van der Waals surface area contributed by atoms with E-state index in [4.69, 9.17) is 10.5 Å². The first-order valence-corrected chi connectivity index (χ1v) is 11.8. The van der Waals surface area contributed by atoms with Gasteiger partial charge in [-0.2, -0.15) is 26.3 Å². The molecule has 214 valence electrons. The lowest BCUT2D eigenvalue weighted by Crippen LogP contribution is -2.63. The Kier molecular flexibility index (Phi) is 7.44. The third kappa shape index (κ3) is 5.08. The first-order chi connectivity index (χ1) is 17.6. The number of methoxy groups -OCH3 is 1. The zero-order valence-electron chi connectivity index (χ0n) is 19.9. The molecule has 2 heterocycles. The van der Waals surface area contributed by atoms with E-state index in [0.717, 1.165) is 11.7 Å². The van der Waals surface area contributed by atoms with Crippen molar-refractivity contribution in [2.45, 2.75) is 68.8 Å². The van der Waals surface area contributed by atoms with Crippen molar-refractivity contribution in [3.8, 4) is 0 Å². The van der Waals surface area contributed by atoms with Crippen LogP contribution in [0.2, 0.25) is 0 Å². The molecule has 0 bridgehead atoms. The second-order valence-electron chi connectivity index (χ2n) is 9.83.